The van der Waals surface area contributed by atoms with E-state index in [-0.39, 0.29) is 0 Å². The van der Waals surface area contributed by atoms with Gasteiger partial charge in [0.15, 0.2) is 5.82 Å². The third-order valence-electron chi connectivity index (χ3n) is 3.20. The van der Waals surface area contributed by atoms with Crippen LogP contribution in [-0.2, 0) is 0 Å². The van der Waals surface area contributed by atoms with Crippen molar-refractivity contribution in [2.45, 2.75) is 0 Å². The van der Waals surface area contributed by atoms with Crippen LogP contribution in [-0.4, -0.2) is 19.8 Å². The molecule has 0 spiro atoms. The summed E-state index contributed by atoms with van der Waals surface area (Å²) in [5, 5.41) is 14.7. The fourth-order valence-electron chi connectivity index (χ4n) is 2.16. The minimum Gasteiger partial charge on any atom is -0.182 e. The molecular formula is C15H8Cl2N4S. The van der Waals surface area contributed by atoms with Gasteiger partial charge < -0.3 is 0 Å². The van der Waals surface area contributed by atoms with Crippen molar-refractivity contribution in [2.24, 2.45) is 0 Å². The second-order valence-electron chi connectivity index (χ2n) is 4.59. The van der Waals surface area contributed by atoms with Gasteiger partial charge in [-0.3, -0.25) is 0 Å². The van der Waals surface area contributed by atoms with E-state index < -0.39 is 0 Å². The van der Waals surface area contributed by atoms with Crippen molar-refractivity contribution in [1.29, 1.82) is 0 Å². The highest BCUT2D eigenvalue weighted by atomic mass is 35.5. The van der Waals surface area contributed by atoms with Crippen molar-refractivity contribution < 1.29 is 0 Å². The van der Waals surface area contributed by atoms with E-state index >= 15 is 0 Å². The Labute approximate surface area is 140 Å². The maximum Gasteiger partial charge on any atom is 0.235 e. The van der Waals surface area contributed by atoms with E-state index in [0.29, 0.717) is 20.8 Å². The van der Waals surface area contributed by atoms with Gasteiger partial charge in [0.1, 0.15) is 5.01 Å². The maximum atomic E-state index is 6.27. The molecule has 0 aliphatic rings. The van der Waals surface area contributed by atoms with E-state index in [1.165, 1.54) is 11.3 Å². The number of benzene rings is 2. The highest BCUT2D eigenvalue weighted by Gasteiger charge is 2.16. The van der Waals surface area contributed by atoms with E-state index in [1.807, 2.05) is 42.5 Å². The molecule has 0 saturated carbocycles. The van der Waals surface area contributed by atoms with Crippen molar-refractivity contribution >= 4 is 39.5 Å². The molecule has 0 unspecified atom stereocenters. The van der Waals surface area contributed by atoms with Crippen LogP contribution in [0.5, 0.6) is 0 Å². The normalized spacial score (nSPS) is 11.2. The lowest BCUT2D eigenvalue weighted by Gasteiger charge is -2.01. The highest BCUT2D eigenvalue weighted by molar-refractivity contribution is 7.19. The van der Waals surface area contributed by atoms with Gasteiger partial charge in [-0.2, -0.15) is 9.61 Å². The Hall–Kier alpha value is -1.95. The van der Waals surface area contributed by atoms with Crippen LogP contribution in [0, 0.1) is 0 Å². The van der Waals surface area contributed by atoms with E-state index in [1.54, 1.807) is 10.6 Å². The van der Waals surface area contributed by atoms with Crippen molar-refractivity contribution in [3.63, 3.8) is 0 Å². The van der Waals surface area contributed by atoms with Crippen LogP contribution in [0.15, 0.2) is 48.5 Å². The Morgan fingerprint density at radius 3 is 2.55 bits per heavy atom. The first-order valence-corrected chi connectivity index (χ1v) is 8.03. The fraction of sp³-hybridized carbons (Fsp3) is 0. The van der Waals surface area contributed by atoms with Gasteiger partial charge in [0, 0.05) is 11.1 Å². The second kappa shape index (κ2) is 5.35. The maximum absolute atomic E-state index is 6.27. The molecular weight excluding hydrogens is 339 g/mol. The number of aromatic nitrogens is 4. The Bertz CT molecular complexity index is 962. The molecule has 2 aromatic heterocycles. The van der Waals surface area contributed by atoms with Crippen LogP contribution in [0.3, 0.4) is 0 Å². The van der Waals surface area contributed by atoms with Crippen molar-refractivity contribution in [2.75, 3.05) is 0 Å². The first-order valence-electron chi connectivity index (χ1n) is 6.46. The van der Waals surface area contributed by atoms with Crippen LogP contribution in [0.1, 0.15) is 0 Å². The first kappa shape index (κ1) is 13.7. The van der Waals surface area contributed by atoms with E-state index in [4.69, 9.17) is 23.2 Å². The molecule has 4 nitrogen and oxygen atoms in total. The van der Waals surface area contributed by atoms with Gasteiger partial charge in [-0.05, 0) is 6.07 Å². The lowest BCUT2D eigenvalue weighted by Crippen LogP contribution is -1.91. The monoisotopic (exact) mass is 346 g/mol. The molecule has 0 fully saturated rings. The number of hydrogen-bond donors (Lipinski definition) is 0. The molecule has 0 amide bonds. The summed E-state index contributed by atoms with van der Waals surface area (Å²) in [6.45, 7) is 0. The van der Waals surface area contributed by atoms with Crippen LogP contribution in [0.25, 0.3) is 26.9 Å². The molecule has 0 atom stereocenters. The van der Waals surface area contributed by atoms with Crippen LogP contribution in [0.4, 0.5) is 0 Å². The molecule has 7 heteroatoms. The molecule has 0 bridgehead atoms. The molecule has 0 N–H and O–H groups in total. The van der Waals surface area contributed by atoms with Crippen molar-refractivity contribution in [3.05, 3.63) is 58.6 Å². The van der Waals surface area contributed by atoms with E-state index in [2.05, 4.69) is 15.3 Å². The summed E-state index contributed by atoms with van der Waals surface area (Å²) in [5.74, 6) is 0.705. The Kier molecular flexibility index (Phi) is 3.33. The third-order valence-corrected chi connectivity index (χ3v) is 4.96. The molecule has 0 aliphatic heterocycles. The summed E-state index contributed by atoms with van der Waals surface area (Å²) in [4.78, 5) is 0.713. The second-order valence-corrected chi connectivity index (χ2v) is 6.33. The number of rotatable bonds is 2. The molecule has 0 saturated heterocycles. The number of fused-ring (bicyclic) bond motifs is 1. The lowest BCUT2D eigenvalue weighted by molar-refractivity contribution is 0.971. The molecule has 2 heterocycles. The standard InChI is InChI=1S/C15H8Cl2N4S/c16-11-8-4-7-10(12(11)17)14-20-21-13(18-19-15(21)22-14)9-5-2-1-3-6-9/h1-8H. The van der Waals surface area contributed by atoms with E-state index in [0.717, 1.165) is 16.1 Å². The Balaban J connectivity index is 1.89. The first-order chi connectivity index (χ1) is 10.7. The van der Waals surface area contributed by atoms with Gasteiger partial charge in [0.2, 0.25) is 4.96 Å². The average Bonchev–Trinajstić information content (AvgIpc) is 3.11. The van der Waals surface area contributed by atoms with Crippen LogP contribution >= 0.6 is 34.5 Å². The van der Waals surface area contributed by atoms with Gasteiger partial charge in [-0.1, -0.05) is 77.0 Å². The van der Waals surface area contributed by atoms with E-state index in [9.17, 15) is 0 Å². The summed E-state index contributed by atoms with van der Waals surface area (Å²) in [5.41, 5.74) is 1.76. The molecule has 4 rings (SSSR count). The van der Waals surface area contributed by atoms with Crippen LogP contribution in [0.2, 0.25) is 10.0 Å². The van der Waals surface area contributed by atoms with Crippen molar-refractivity contribution in [3.8, 4) is 22.0 Å². The fourth-order valence-corrected chi connectivity index (χ4v) is 3.48. The molecule has 0 aliphatic carbocycles. The summed E-state index contributed by atoms with van der Waals surface area (Å²) >= 11 is 13.8. The topological polar surface area (TPSA) is 43.1 Å². The predicted molar refractivity (Wildman–Crippen MR) is 89.6 cm³/mol. The molecule has 108 valence electrons. The smallest absolute Gasteiger partial charge is 0.182 e. The largest absolute Gasteiger partial charge is 0.235 e. The molecule has 0 radical (unpaired) electrons. The lowest BCUT2D eigenvalue weighted by atomic mass is 10.2. The van der Waals surface area contributed by atoms with Crippen LogP contribution < -0.4 is 0 Å². The molecule has 2 aromatic carbocycles. The Morgan fingerprint density at radius 1 is 0.909 bits per heavy atom. The zero-order chi connectivity index (χ0) is 15.1. The summed E-state index contributed by atoms with van der Waals surface area (Å²) in [6.07, 6.45) is 0. The Morgan fingerprint density at radius 2 is 1.73 bits per heavy atom. The van der Waals surface area contributed by atoms with Gasteiger partial charge in [0.05, 0.1) is 10.0 Å². The third kappa shape index (κ3) is 2.18. The summed E-state index contributed by atoms with van der Waals surface area (Å²) in [7, 11) is 0. The summed E-state index contributed by atoms with van der Waals surface area (Å²) < 4.78 is 1.73. The van der Waals surface area contributed by atoms with Crippen molar-refractivity contribution in [1.82, 2.24) is 19.8 Å². The average molecular weight is 347 g/mol. The number of hydrogen-bond acceptors (Lipinski definition) is 4. The predicted octanol–water partition coefficient (Wildman–Crippen LogP) is 4.83. The van der Waals surface area contributed by atoms with Gasteiger partial charge >= 0.3 is 0 Å². The van der Waals surface area contributed by atoms with Gasteiger partial charge in [-0.25, -0.2) is 0 Å². The zero-order valence-corrected chi connectivity index (χ0v) is 13.4. The minimum absolute atomic E-state index is 0.496. The molecule has 22 heavy (non-hydrogen) atoms. The number of halogens is 2. The zero-order valence-electron chi connectivity index (χ0n) is 11.1. The van der Waals surface area contributed by atoms with Gasteiger partial charge in [-0.15, -0.1) is 10.2 Å². The molecule has 4 aromatic rings. The minimum atomic E-state index is 0.496. The van der Waals surface area contributed by atoms with Gasteiger partial charge in [0.25, 0.3) is 0 Å². The SMILES string of the molecule is Clc1cccc(-c2nn3c(-c4ccccc4)nnc3s2)c1Cl. The highest BCUT2D eigenvalue weighted by Crippen LogP contribution is 2.36. The summed E-state index contributed by atoms with van der Waals surface area (Å²) in [6, 6.07) is 15.3. The number of nitrogens with zero attached hydrogens (tertiary/aromatic N) is 4. The quantitative estimate of drug-likeness (QED) is 0.522.